The minimum atomic E-state index is -4.22. The van der Waals surface area contributed by atoms with E-state index in [1.807, 2.05) is 4.90 Å². The standard InChI is InChI=1S/C20H25F4N5O/c1-14(20(22,23)24)28-9-11-29(12-10-28)19(25-2)26-8-7-17-13-30-18(27-17)15-3-5-16(21)6-4-15/h3-6,13-14H,7-12H2,1-2H3,(H,25,26). The molecule has 1 saturated heterocycles. The SMILES string of the molecule is CN=C(NCCc1coc(-c2ccc(F)cc2)n1)N1CCN(C(C)C(F)(F)F)CC1. The number of piperazine rings is 1. The van der Waals surface area contributed by atoms with Crippen LogP contribution in [-0.2, 0) is 6.42 Å². The molecule has 1 N–H and O–H groups in total. The summed E-state index contributed by atoms with van der Waals surface area (Å²) in [6.07, 6.45) is -2.08. The van der Waals surface area contributed by atoms with E-state index < -0.39 is 12.2 Å². The summed E-state index contributed by atoms with van der Waals surface area (Å²) in [6, 6.07) is 4.45. The lowest BCUT2D eigenvalue weighted by atomic mass is 10.2. The van der Waals surface area contributed by atoms with Gasteiger partial charge in [0.25, 0.3) is 0 Å². The first-order valence-corrected chi connectivity index (χ1v) is 9.74. The van der Waals surface area contributed by atoms with Gasteiger partial charge in [-0.25, -0.2) is 9.37 Å². The van der Waals surface area contributed by atoms with Gasteiger partial charge in [0.1, 0.15) is 18.1 Å². The van der Waals surface area contributed by atoms with Gasteiger partial charge in [0.05, 0.1) is 5.69 Å². The molecule has 1 aliphatic rings. The summed E-state index contributed by atoms with van der Waals surface area (Å²) in [6.45, 7) is 3.33. The van der Waals surface area contributed by atoms with Gasteiger partial charge >= 0.3 is 6.18 Å². The van der Waals surface area contributed by atoms with Crippen molar-refractivity contribution < 1.29 is 22.0 Å². The van der Waals surface area contributed by atoms with Crippen molar-refractivity contribution in [3.8, 4) is 11.5 Å². The summed E-state index contributed by atoms with van der Waals surface area (Å²) >= 11 is 0. The molecule has 1 aromatic heterocycles. The lowest BCUT2D eigenvalue weighted by molar-refractivity contribution is -0.181. The van der Waals surface area contributed by atoms with Gasteiger partial charge in [0.15, 0.2) is 5.96 Å². The van der Waals surface area contributed by atoms with E-state index in [9.17, 15) is 17.6 Å². The van der Waals surface area contributed by atoms with Crippen molar-refractivity contribution in [1.29, 1.82) is 0 Å². The smallest absolute Gasteiger partial charge is 0.403 e. The molecule has 6 nitrogen and oxygen atoms in total. The van der Waals surface area contributed by atoms with E-state index in [-0.39, 0.29) is 5.82 Å². The Morgan fingerprint density at radius 1 is 1.20 bits per heavy atom. The van der Waals surface area contributed by atoms with E-state index in [4.69, 9.17) is 4.42 Å². The molecule has 0 amide bonds. The maximum Gasteiger partial charge on any atom is 0.403 e. The van der Waals surface area contributed by atoms with Crippen LogP contribution in [0.15, 0.2) is 39.9 Å². The second kappa shape index (κ2) is 9.46. The minimum absolute atomic E-state index is 0.324. The number of guanidine groups is 1. The summed E-state index contributed by atoms with van der Waals surface area (Å²) in [4.78, 5) is 12.0. The molecule has 3 rings (SSSR count). The molecule has 1 aliphatic heterocycles. The highest BCUT2D eigenvalue weighted by molar-refractivity contribution is 5.80. The second-order valence-electron chi connectivity index (χ2n) is 7.12. The highest BCUT2D eigenvalue weighted by Gasteiger charge is 2.41. The van der Waals surface area contributed by atoms with Crippen molar-refractivity contribution in [1.82, 2.24) is 20.1 Å². The molecule has 0 saturated carbocycles. The van der Waals surface area contributed by atoms with Crippen LogP contribution in [0.2, 0.25) is 0 Å². The van der Waals surface area contributed by atoms with Crippen molar-refractivity contribution in [3.63, 3.8) is 0 Å². The summed E-state index contributed by atoms with van der Waals surface area (Å²) in [5.41, 5.74) is 1.43. The number of alkyl halides is 3. The third kappa shape index (κ3) is 5.50. The quantitative estimate of drug-likeness (QED) is 0.451. The Bertz CT molecular complexity index is 842. The molecule has 2 aromatic rings. The third-order valence-electron chi connectivity index (χ3n) is 5.15. The van der Waals surface area contributed by atoms with E-state index in [0.717, 1.165) is 5.69 Å². The molecule has 30 heavy (non-hydrogen) atoms. The Hall–Kier alpha value is -2.62. The number of benzene rings is 1. The van der Waals surface area contributed by atoms with Gasteiger partial charge in [0.2, 0.25) is 5.89 Å². The first kappa shape index (κ1) is 22.1. The Morgan fingerprint density at radius 2 is 1.87 bits per heavy atom. The molecule has 164 valence electrons. The molecule has 0 spiro atoms. The van der Waals surface area contributed by atoms with Crippen LogP contribution in [0.4, 0.5) is 17.6 Å². The van der Waals surface area contributed by atoms with Gasteiger partial charge in [-0.15, -0.1) is 0 Å². The molecule has 0 radical (unpaired) electrons. The fourth-order valence-corrected chi connectivity index (χ4v) is 3.31. The molecular formula is C20H25F4N5O. The molecule has 0 bridgehead atoms. The predicted molar refractivity (Wildman–Crippen MR) is 106 cm³/mol. The minimum Gasteiger partial charge on any atom is -0.444 e. The highest BCUT2D eigenvalue weighted by atomic mass is 19.4. The molecular weight excluding hydrogens is 402 g/mol. The fourth-order valence-electron chi connectivity index (χ4n) is 3.31. The summed E-state index contributed by atoms with van der Waals surface area (Å²) in [7, 11) is 1.65. The lowest BCUT2D eigenvalue weighted by Crippen LogP contribution is -2.56. The number of aliphatic imine (C=N–C) groups is 1. The number of hydrogen-bond donors (Lipinski definition) is 1. The van der Waals surface area contributed by atoms with Gasteiger partial charge in [0, 0.05) is 51.8 Å². The summed E-state index contributed by atoms with van der Waals surface area (Å²) in [5.74, 6) is 0.746. The molecule has 2 heterocycles. The third-order valence-corrected chi connectivity index (χ3v) is 5.15. The average molecular weight is 427 g/mol. The Morgan fingerprint density at radius 3 is 2.47 bits per heavy atom. The van der Waals surface area contributed by atoms with Crippen molar-refractivity contribution in [2.24, 2.45) is 4.99 Å². The average Bonchev–Trinajstić information content (AvgIpc) is 3.19. The first-order valence-electron chi connectivity index (χ1n) is 9.74. The summed E-state index contributed by atoms with van der Waals surface area (Å²) in [5, 5.41) is 3.22. The van der Waals surface area contributed by atoms with Crippen molar-refractivity contribution in [3.05, 3.63) is 42.0 Å². The van der Waals surface area contributed by atoms with Crippen LogP contribution in [0.3, 0.4) is 0 Å². The monoisotopic (exact) mass is 427 g/mol. The molecule has 1 unspecified atom stereocenters. The highest BCUT2D eigenvalue weighted by Crippen LogP contribution is 2.25. The maximum absolute atomic E-state index is 13.0. The number of halogens is 4. The van der Waals surface area contributed by atoms with E-state index in [1.165, 1.54) is 24.0 Å². The number of aromatic nitrogens is 1. The van der Waals surface area contributed by atoms with Crippen LogP contribution in [-0.4, -0.2) is 72.7 Å². The van der Waals surface area contributed by atoms with E-state index in [1.54, 1.807) is 25.4 Å². The van der Waals surface area contributed by atoms with Crippen LogP contribution in [0.5, 0.6) is 0 Å². The topological polar surface area (TPSA) is 56.9 Å². The Balaban J connectivity index is 1.47. The van der Waals surface area contributed by atoms with Crippen LogP contribution in [0.1, 0.15) is 12.6 Å². The molecule has 1 aromatic carbocycles. The number of oxazole rings is 1. The van der Waals surface area contributed by atoms with Crippen molar-refractivity contribution in [2.45, 2.75) is 25.6 Å². The number of rotatable bonds is 5. The van der Waals surface area contributed by atoms with E-state index in [0.29, 0.717) is 56.6 Å². The Kier molecular flexibility index (Phi) is 6.96. The van der Waals surface area contributed by atoms with Crippen LogP contribution < -0.4 is 5.32 Å². The van der Waals surface area contributed by atoms with Crippen molar-refractivity contribution >= 4 is 5.96 Å². The molecule has 1 fully saturated rings. The van der Waals surface area contributed by atoms with Gasteiger partial charge in [-0.1, -0.05) is 0 Å². The van der Waals surface area contributed by atoms with E-state index >= 15 is 0 Å². The molecule has 1 atom stereocenters. The normalized spacial score (nSPS) is 17.3. The molecule has 0 aliphatic carbocycles. The largest absolute Gasteiger partial charge is 0.444 e. The fraction of sp³-hybridized carbons (Fsp3) is 0.500. The predicted octanol–water partition coefficient (Wildman–Crippen LogP) is 3.17. The van der Waals surface area contributed by atoms with Crippen molar-refractivity contribution in [2.75, 3.05) is 39.8 Å². The number of nitrogens with zero attached hydrogens (tertiary/aromatic N) is 4. The number of hydrogen-bond acceptors (Lipinski definition) is 4. The van der Waals surface area contributed by atoms with Crippen LogP contribution >= 0.6 is 0 Å². The zero-order chi connectivity index (χ0) is 21.7. The van der Waals surface area contributed by atoms with Gasteiger partial charge in [-0.05, 0) is 31.2 Å². The first-order chi connectivity index (χ1) is 14.3. The van der Waals surface area contributed by atoms with E-state index in [2.05, 4.69) is 15.3 Å². The Labute approximate surface area is 172 Å². The maximum atomic E-state index is 13.0. The zero-order valence-corrected chi connectivity index (χ0v) is 16.9. The summed E-state index contributed by atoms with van der Waals surface area (Å²) < 4.78 is 57.1. The second-order valence-corrected chi connectivity index (χ2v) is 7.12. The van der Waals surface area contributed by atoms with Gasteiger partial charge < -0.3 is 14.6 Å². The van der Waals surface area contributed by atoms with Crippen LogP contribution in [0.25, 0.3) is 11.5 Å². The van der Waals surface area contributed by atoms with Gasteiger partial charge in [-0.2, -0.15) is 13.2 Å². The lowest BCUT2D eigenvalue weighted by Gasteiger charge is -2.39. The van der Waals surface area contributed by atoms with Gasteiger partial charge in [-0.3, -0.25) is 9.89 Å². The number of nitrogens with one attached hydrogen (secondary N) is 1. The zero-order valence-electron chi connectivity index (χ0n) is 16.9. The van der Waals surface area contributed by atoms with Crippen LogP contribution in [0, 0.1) is 5.82 Å². The molecule has 10 heteroatoms.